The van der Waals surface area contributed by atoms with Crippen molar-refractivity contribution in [3.8, 4) is 0 Å². The SMILES string of the molecule is CCn1nc(C)c(C(=O)N2CCn3c(CO)nnc3C2)c1C. The molecule has 1 N–H and O–H groups in total. The van der Waals surface area contributed by atoms with E-state index in [1.165, 1.54) is 0 Å². The van der Waals surface area contributed by atoms with Crippen molar-refractivity contribution < 1.29 is 9.90 Å². The lowest BCUT2D eigenvalue weighted by atomic mass is 10.1. The minimum atomic E-state index is -0.136. The van der Waals surface area contributed by atoms with Crippen molar-refractivity contribution in [2.75, 3.05) is 6.54 Å². The number of fused-ring (bicyclic) bond motifs is 1. The highest BCUT2D eigenvalue weighted by molar-refractivity contribution is 5.96. The van der Waals surface area contributed by atoms with Gasteiger partial charge in [-0.1, -0.05) is 0 Å². The number of hydrogen-bond acceptors (Lipinski definition) is 5. The number of aliphatic hydroxyl groups excluding tert-OH is 1. The van der Waals surface area contributed by atoms with Crippen molar-refractivity contribution in [1.29, 1.82) is 0 Å². The van der Waals surface area contributed by atoms with Crippen molar-refractivity contribution >= 4 is 5.91 Å². The molecule has 22 heavy (non-hydrogen) atoms. The first-order valence-corrected chi connectivity index (χ1v) is 7.41. The summed E-state index contributed by atoms with van der Waals surface area (Å²) in [7, 11) is 0. The summed E-state index contributed by atoms with van der Waals surface area (Å²) in [6.07, 6.45) is 0. The summed E-state index contributed by atoms with van der Waals surface area (Å²) in [4.78, 5) is 14.6. The molecule has 0 unspecified atom stereocenters. The van der Waals surface area contributed by atoms with Crippen molar-refractivity contribution in [1.82, 2.24) is 29.4 Å². The van der Waals surface area contributed by atoms with E-state index >= 15 is 0 Å². The first kappa shape index (κ1) is 14.7. The van der Waals surface area contributed by atoms with Gasteiger partial charge in [-0.25, -0.2) is 0 Å². The van der Waals surface area contributed by atoms with E-state index in [0.717, 1.165) is 17.9 Å². The first-order chi connectivity index (χ1) is 10.6. The number of hydrogen-bond donors (Lipinski definition) is 1. The molecule has 3 heterocycles. The number of amides is 1. The normalized spacial score (nSPS) is 14.3. The summed E-state index contributed by atoms with van der Waals surface area (Å²) in [6.45, 7) is 7.98. The second-order valence-corrected chi connectivity index (χ2v) is 5.43. The molecule has 1 amide bonds. The van der Waals surface area contributed by atoms with Crippen LogP contribution in [0.25, 0.3) is 0 Å². The fourth-order valence-electron chi connectivity index (χ4n) is 2.98. The molecule has 0 saturated carbocycles. The summed E-state index contributed by atoms with van der Waals surface area (Å²) in [5.41, 5.74) is 2.33. The Labute approximate surface area is 128 Å². The standard InChI is InChI=1S/C14H20N6O2/c1-4-20-10(3)13(9(2)17-20)14(22)18-5-6-19-11(7-18)15-16-12(19)8-21/h21H,4-8H2,1-3H3. The van der Waals surface area contributed by atoms with Crippen LogP contribution in [-0.4, -0.2) is 47.0 Å². The van der Waals surface area contributed by atoms with Crippen LogP contribution in [0.3, 0.4) is 0 Å². The molecule has 0 bridgehead atoms. The zero-order valence-corrected chi connectivity index (χ0v) is 13.1. The maximum Gasteiger partial charge on any atom is 0.258 e. The Kier molecular flexibility index (Phi) is 3.69. The molecule has 0 aliphatic carbocycles. The average molecular weight is 304 g/mol. The Bertz CT molecular complexity index is 717. The van der Waals surface area contributed by atoms with Crippen LogP contribution in [0, 0.1) is 13.8 Å². The zero-order chi connectivity index (χ0) is 15.9. The zero-order valence-electron chi connectivity index (χ0n) is 13.1. The molecule has 0 spiro atoms. The van der Waals surface area contributed by atoms with Crippen molar-refractivity contribution in [3.05, 3.63) is 28.6 Å². The summed E-state index contributed by atoms with van der Waals surface area (Å²) < 4.78 is 3.72. The van der Waals surface area contributed by atoms with E-state index < -0.39 is 0 Å². The molecular weight excluding hydrogens is 284 g/mol. The van der Waals surface area contributed by atoms with Gasteiger partial charge in [-0.15, -0.1) is 10.2 Å². The Morgan fingerprint density at radius 3 is 2.68 bits per heavy atom. The molecule has 0 fully saturated rings. The predicted octanol–water partition coefficient (Wildman–Crippen LogP) is 0.260. The van der Waals surface area contributed by atoms with E-state index in [-0.39, 0.29) is 12.5 Å². The van der Waals surface area contributed by atoms with Gasteiger partial charge >= 0.3 is 0 Å². The molecule has 0 radical (unpaired) electrons. The summed E-state index contributed by atoms with van der Waals surface area (Å²) in [5.74, 6) is 1.24. The molecule has 0 aromatic carbocycles. The van der Waals surface area contributed by atoms with Gasteiger partial charge in [-0.2, -0.15) is 5.10 Å². The molecule has 1 aliphatic heterocycles. The van der Waals surface area contributed by atoms with Gasteiger partial charge in [0.15, 0.2) is 11.6 Å². The largest absolute Gasteiger partial charge is 0.388 e. The van der Waals surface area contributed by atoms with Gasteiger partial charge in [0.1, 0.15) is 6.61 Å². The van der Waals surface area contributed by atoms with E-state index in [0.29, 0.717) is 36.8 Å². The highest BCUT2D eigenvalue weighted by atomic mass is 16.3. The van der Waals surface area contributed by atoms with Crippen molar-refractivity contribution in [2.24, 2.45) is 0 Å². The lowest BCUT2D eigenvalue weighted by Crippen LogP contribution is -2.39. The maximum atomic E-state index is 12.8. The van der Waals surface area contributed by atoms with Crippen LogP contribution in [0.1, 0.15) is 40.3 Å². The summed E-state index contributed by atoms with van der Waals surface area (Å²) in [5, 5.41) is 21.6. The summed E-state index contributed by atoms with van der Waals surface area (Å²) in [6, 6.07) is 0. The lowest BCUT2D eigenvalue weighted by molar-refractivity contribution is 0.0703. The topological polar surface area (TPSA) is 89.1 Å². The molecule has 0 atom stereocenters. The monoisotopic (exact) mass is 304 g/mol. The van der Waals surface area contributed by atoms with E-state index in [4.69, 9.17) is 0 Å². The predicted molar refractivity (Wildman–Crippen MR) is 78.1 cm³/mol. The van der Waals surface area contributed by atoms with E-state index in [1.807, 2.05) is 30.0 Å². The second kappa shape index (κ2) is 5.53. The minimum absolute atomic E-state index is 0.0190. The molecule has 2 aromatic rings. The van der Waals surface area contributed by atoms with Crippen LogP contribution < -0.4 is 0 Å². The average Bonchev–Trinajstić information content (AvgIpc) is 3.06. The van der Waals surface area contributed by atoms with Gasteiger partial charge < -0.3 is 14.6 Å². The quantitative estimate of drug-likeness (QED) is 0.878. The third-order valence-electron chi connectivity index (χ3n) is 4.15. The van der Waals surface area contributed by atoms with E-state index in [9.17, 15) is 9.90 Å². The van der Waals surface area contributed by atoms with E-state index in [1.54, 1.807) is 4.90 Å². The van der Waals surface area contributed by atoms with Crippen LogP contribution in [-0.2, 0) is 26.2 Å². The number of carbonyl (C=O) groups excluding carboxylic acids is 1. The van der Waals surface area contributed by atoms with Gasteiger partial charge in [0, 0.05) is 25.3 Å². The number of aromatic nitrogens is 5. The molecule has 2 aromatic heterocycles. The first-order valence-electron chi connectivity index (χ1n) is 7.41. The molecular formula is C14H20N6O2. The van der Waals surface area contributed by atoms with Gasteiger partial charge in [0.25, 0.3) is 5.91 Å². The lowest BCUT2D eigenvalue weighted by Gasteiger charge is -2.27. The van der Waals surface area contributed by atoms with Gasteiger partial charge in [0.2, 0.25) is 0 Å². The fourth-order valence-corrected chi connectivity index (χ4v) is 2.98. The van der Waals surface area contributed by atoms with Crippen LogP contribution in [0.2, 0.25) is 0 Å². The molecule has 1 aliphatic rings. The van der Waals surface area contributed by atoms with Crippen molar-refractivity contribution in [2.45, 2.75) is 47.0 Å². The highest BCUT2D eigenvalue weighted by Gasteiger charge is 2.28. The second-order valence-electron chi connectivity index (χ2n) is 5.43. The Morgan fingerprint density at radius 1 is 1.27 bits per heavy atom. The van der Waals surface area contributed by atoms with Crippen LogP contribution in [0.15, 0.2) is 0 Å². The number of aryl methyl sites for hydroxylation is 2. The van der Waals surface area contributed by atoms with E-state index in [2.05, 4.69) is 15.3 Å². The van der Waals surface area contributed by atoms with Gasteiger partial charge in [0.05, 0.1) is 17.8 Å². The smallest absolute Gasteiger partial charge is 0.258 e. The number of nitrogens with zero attached hydrogens (tertiary/aromatic N) is 6. The minimum Gasteiger partial charge on any atom is -0.388 e. The van der Waals surface area contributed by atoms with Gasteiger partial charge in [-0.3, -0.25) is 9.48 Å². The maximum absolute atomic E-state index is 12.8. The molecule has 118 valence electrons. The Hall–Kier alpha value is -2.22. The third-order valence-corrected chi connectivity index (χ3v) is 4.15. The van der Waals surface area contributed by atoms with Crippen LogP contribution in [0.5, 0.6) is 0 Å². The Morgan fingerprint density at radius 2 is 2.05 bits per heavy atom. The van der Waals surface area contributed by atoms with Crippen LogP contribution in [0.4, 0.5) is 0 Å². The molecule has 3 rings (SSSR count). The molecule has 8 heteroatoms. The van der Waals surface area contributed by atoms with Crippen molar-refractivity contribution in [3.63, 3.8) is 0 Å². The molecule has 0 saturated heterocycles. The Balaban J connectivity index is 1.87. The molecule has 8 nitrogen and oxygen atoms in total. The highest BCUT2D eigenvalue weighted by Crippen LogP contribution is 2.20. The third kappa shape index (κ3) is 2.19. The van der Waals surface area contributed by atoms with Crippen LogP contribution >= 0.6 is 0 Å². The number of rotatable bonds is 3. The fraction of sp³-hybridized carbons (Fsp3) is 0.571. The summed E-state index contributed by atoms with van der Waals surface area (Å²) >= 11 is 0. The number of carbonyl (C=O) groups is 1. The number of aliphatic hydroxyl groups is 1. The van der Waals surface area contributed by atoms with Gasteiger partial charge in [-0.05, 0) is 20.8 Å².